The van der Waals surface area contributed by atoms with Crippen LogP contribution in [0.5, 0.6) is 0 Å². The molecular weight excluding hydrogens is 493 g/mol. The Morgan fingerprint density at radius 3 is 1.87 bits per heavy atom. The van der Waals surface area contributed by atoms with Crippen molar-refractivity contribution in [2.45, 2.75) is 23.9 Å². The van der Waals surface area contributed by atoms with Gasteiger partial charge >= 0.3 is 23.9 Å². The summed E-state index contributed by atoms with van der Waals surface area (Å²) in [7, 11) is 0. The Bertz CT molecular complexity index is 1080. The summed E-state index contributed by atoms with van der Waals surface area (Å²) in [5.74, 6) is -19.7. The van der Waals surface area contributed by atoms with E-state index in [0.29, 0.717) is 10.5 Å². The van der Waals surface area contributed by atoms with Gasteiger partial charge in [-0.3, -0.25) is 0 Å². The van der Waals surface area contributed by atoms with Crippen LogP contribution >= 0.6 is 15.9 Å². The number of aromatic nitrogens is 1. The van der Waals surface area contributed by atoms with Gasteiger partial charge in [-0.1, -0.05) is 52.3 Å². The Hall–Kier alpha value is -2.30. The van der Waals surface area contributed by atoms with Crippen LogP contribution in [0.1, 0.15) is 5.69 Å². The smallest absolute Gasteiger partial charge is 0.246 e. The number of fused-ring (bicyclic) bond motifs is 1. The van der Waals surface area contributed by atoms with Crippen LogP contribution < -0.4 is 0 Å². The molecule has 0 bridgehead atoms. The highest BCUT2D eigenvalue weighted by atomic mass is 79.9. The lowest BCUT2D eigenvalue weighted by atomic mass is 9.95. The first-order chi connectivity index (χ1) is 13.7. The molecule has 0 atom stereocenters. The second-order valence-electron chi connectivity index (χ2n) is 6.30. The van der Waals surface area contributed by atoms with Crippen LogP contribution in [-0.4, -0.2) is 23.0 Å². The highest BCUT2D eigenvalue weighted by Crippen LogP contribution is 2.56. The largest absolute Gasteiger partial charge is 0.460 e. The van der Waals surface area contributed by atoms with Gasteiger partial charge < -0.3 is 0 Å². The maximum Gasteiger partial charge on any atom is 0.460 e. The zero-order valence-corrected chi connectivity index (χ0v) is 16.0. The van der Waals surface area contributed by atoms with Crippen molar-refractivity contribution >= 4 is 26.8 Å². The van der Waals surface area contributed by atoms with E-state index in [1.54, 1.807) is 6.07 Å². The van der Waals surface area contributed by atoms with Crippen molar-refractivity contribution < 1.29 is 39.5 Å². The molecule has 0 aliphatic carbocycles. The Morgan fingerprint density at radius 2 is 1.30 bits per heavy atom. The summed E-state index contributed by atoms with van der Waals surface area (Å²) in [6.45, 7) is 0. The van der Waals surface area contributed by atoms with E-state index in [0.717, 1.165) is 6.07 Å². The third-order valence-electron chi connectivity index (χ3n) is 4.32. The Morgan fingerprint density at radius 1 is 0.700 bits per heavy atom. The molecule has 0 aliphatic heterocycles. The molecule has 0 saturated carbocycles. The third kappa shape index (κ3) is 3.42. The number of halogens is 10. The standard InChI is InChI=1S/C19H9BrF9N/c20-11-6-7-12-13(10-4-2-1-3-5-10)9-15(30-14(12)8-11)16(21,22)17(23,24)18(25,26)19(27,28)29/h1-9H. The number of pyridine rings is 1. The number of hydrogen-bond acceptors (Lipinski definition) is 1. The van der Waals surface area contributed by atoms with Crippen LogP contribution in [0.25, 0.3) is 22.0 Å². The quantitative estimate of drug-likeness (QED) is 0.335. The number of alkyl halides is 9. The zero-order chi connectivity index (χ0) is 22.5. The average molecular weight is 502 g/mol. The molecule has 0 radical (unpaired) electrons. The average Bonchev–Trinajstić information content (AvgIpc) is 2.66. The van der Waals surface area contributed by atoms with E-state index in [1.807, 2.05) is 0 Å². The molecule has 3 aromatic rings. The van der Waals surface area contributed by atoms with Crippen molar-refractivity contribution in [2.24, 2.45) is 0 Å². The van der Waals surface area contributed by atoms with Crippen molar-refractivity contribution in [2.75, 3.05) is 0 Å². The van der Waals surface area contributed by atoms with Crippen molar-refractivity contribution in [1.82, 2.24) is 4.98 Å². The van der Waals surface area contributed by atoms with Gasteiger partial charge in [-0.25, -0.2) is 4.98 Å². The molecule has 11 heteroatoms. The number of rotatable bonds is 4. The summed E-state index contributed by atoms with van der Waals surface area (Å²) in [6, 6.07) is 11.9. The molecule has 0 unspecified atom stereocenters. The summed E-state index contributed by atoms with van der Waals surface area (Å²) < 4.78 is 121. The molecule has 30 heavy (non-hydrogen) atoms. The summed E-state index contributed by atoms with van der Waals surface area (Å²) in [5.41, 5.74) is -2.06. The van der Waals surface area contributed by atoms with Gasteiger partial charge in [0.15, 0.2) is 0 Å². The van der Waals surface area contributed by atoms with Crippen LogP contribution in [0, 0.1) is 0 Å². The Labute approximate surface area is 171 Å². The van der Waals surface area contributed by atoms with Crippen LogP contribution in [0.15, 0.2) is 59.1 Å². The minimum atomic E-state index is -7.00. The van der Waals surface area contributed by atoms with E-state index in [4.69, 9.17) is 0 Å². The van der Waals surface area contributed by atoms with Crippen LogP contribution in [0.3, 0.4) is 0 Å². The maximum absolute atomic E-state index is 14.5. The first kappa shape index (κ1) is 22.4. The SMILES string of the molecule is FC(F)(F)C(F)(F)C(F)(F)C(F)(F)c1cc(-c2ccccc2)c2ccc(Br)cc2n1. The minimum absolute atomic E-state index is 0.0890. The predicted molar refractivity (Wildman–Crippen MR) is 94.7 cm³/mol. The molecule has 0 aliphatic rings. The molecule has 1 heterocycles. The fourth-order valence-corrected chi connectivity index (χ4v) is 3.10. The lowest BCUT2D eigenvalue weighted by Gasteiger charge is -2.33. The normalized spacial score (nSPS) is 13.7. The molecule has 0 amide bonds. The fraction of sp³-hybridized carbons (Fsp3) is 0.211. The second kappa shape index (κ2) is 7.14. The van der Waals surface area contributed by atoms with E-state index in [9.17, 15) is 39.5 Å². The third-order valence-corrected chi connectivity index (χ3v) is 4.82. The highest BCUT2D eigenvalue weighted by Gasteiger charge is 2.82. The molecule has 1 aromatic heterocycles. The number of hydrogen-bond donors (Lipinski definition) is 0. The molecular formula is C19H9BrF9N. The fourth-order valence-electron chi connectivity index (χ4n) is 2.75. The van der Waals surface area contributed by atoms with E-state index in [2.05, 4.69) is 20.9 Å². The van der Waals surface area contributed by atoms with Crippen LogP contribution in [-0.2, 0) is 5.92 Å². The zero-order valence-electron chi connectivity index (χ0n) is 14.4. The molecule has 0 spiro atoms. The van der Waals surface area contributed by atoms with Crippen molar-refractivity contribution in [1.29, 1.82) is 0 Å². The van der Waals surface area contributed by atoms with E-state index in [1.165, 1.54) is 36.4 Å². The van der Waals surface area contributed by atoms with E-state index >= 15 is 0 Å². The van der Waals surface area contributed by atoms with Crippen LogP contribution in [0.2, 0.25) is 0 Å². The van der Waals surface area contributed by atoms with Gasteiger partial charge in [-0.2, -0.15) is 39.5 Å². The lowest BCUT2D eigenvalue weighted by molar-refractivity contribution is -0.400. The highest BCUT2D eigenvalue weighted by molar-refractivity contribution is 9.10. The number of benzene rings is 2. The summed E-state index contributed by atoms with van der Waals surface area (Å²) in [6.07, 6.45) is -6.90. The van der Waals surface area contributed by atoms with Gasteiger partial charge in [-0.15, -0.1) is 0 Å². The van der Waals surface area contributed by atoms with E-state index < -0.39 is 29.6 Å². The van der Waals surface area contributed by atoms with Gasteiger partial charge in [-0.05, 0) is 29.3 Å². The number of nitrogens with zero attached hydrogens (tertiary/aromatic N) is 1. The summed E-state index contributed by atoms with van der Waals surface area (Å²) in [5, 5.41) is 0.204. The first-order valence-corrected chi connectivity index (χ1v) is 8.86. The van der Waals surface area contributed by atoms with Crippen LogP contribution in [0.4, 0.5) is 39.5 Å². The summed E-state index contributed by atoms with van der Waals surface area (Å²) >= 11 is 3.04. The van der Waals surface area contributed by atoms with Gasteiger partial charge in [0.05, 0.1) is 5.52 Å². The summed E-state index contributed by atoms with van der Waals surface area (Å²) in [4.78, 5) is 3.30. The molecule has 0 fully saturated rings. The topological polar surface area (TPSA) is 12.9 Å². The Balaban J connectivity index is 2.30. The monoisotopic (exact) mass is 501 g/mol. The maximum atomic E-state index is 14.5. The Kier molecular flexibility index (Phi) is 5.33. The van der Waals surface area contributed by atoms with Crippen molar-refractivity contribution in [3.05, 3.63) is 64.8 Å². The predicted octanol–water partition coefficient (Wildman–Crippen LogP) is 7.59. The second-order valence-corrected chi connectivity index (χ2v) is 7.22. The van der Waals surface area contributed by atoms with Gasteiger partial charge in [0.1, 0.15) is 5.69 Å². The van der Waals surface area contributed by atoms with Gasteiger partial charge in [0.2, 0.25) is 0 Å². The minimum Gasteiger partial charge on any atom is -0.246 e. The van der Waals surface area contributed by atoms with Crippen molar-refractivity contribution in [3.63, 3.8) is 0 Å². The molecule has 160 valence electrons. The molecule has 2 aromatic carbocycles. The molecule has 0 N–H and O–H groups in total. The van der Waals surface area contributed by atoms with E-state index in [-0.39, 0.29) is 22.0 Å². The van der Waals surface area contributed by atoms with Gasteiger partial charge in [0.25, 0.3) is 0 Å². The molecule has 0 saturated heterocycles. The van der Waals surface area contributed by atoms with Gasteiger partial charge in [0, 0.05) is 9.86 Å². The van der Waals surface area contributed by atoms with Crippen molar-refractivity contribution in [3.8, 4) is 11.1 Å². The molecule has 3 rings (SSSR count). The first-order valence-electron chi connectivity index (χ1n) is 8.06. The lowest BCUT2D eigenvalue weighted by Crippen LogP contribution is -2.59. The molecule has 1 nitrogen and oxygen atoms in total.